The number of piperidine rings is 1. The molecule has 18 heavy (non-hydrogen) atoms. The molecule has 1 aliphatic heterocycles. The minimum absolute atomic E-state index is 0.0440. The molecule has 6 nitrogen and oxygen atoms in total. The van der Waals surface area contributed by atoms with Gasteiger partial charge < -0.3 is 5.11 Å². The Kier molecular flexibility index (Phi) is 5.11. The average molecular weight is 274 g/mol. The van der Waals surface area contributed by atoms with Gasteiger partial charge in [-0.25, -0.2) is 8.42 Å². The van der Waals surface area contributed by atoms with Crippen LogP contribution in [0.3, 0.4) is 0 Å². The van der Waals surface area contributed by atoms with Crippen LogP contribution in [0.2, 0.25) is 0 Å². The van der Waals surface area contributed by atoms with Gasteiger partial charge in [0.15, 0.2) is 5.25 Å². The zero-order valence-corrected chi connectivity index (χ0v) is 11.2. The van der Waals surface area contributed by atoms with E-state index in [2.05, 4.69) is 0 Å². The van der Waals surface area contributed by atoms with Crippen molar-refractivity contribution >= 4 is 16.0 Å². The highest BCUT2D eigenvalue weighted by Gasteiger charge is 2.35. The van der Waals surface area contributed by atoms with Gasteiger partial charge in [-0.15, -0.1) is 0 Å². The highest BCUT2D eigenvalue weighted by atomic mass is 32.2. The number of rotatable bonds is 5. The summed E-state index contributed by atoms with van der Waals surface area (Å²) in [5.41, 5.74) is 0. The van der Waals surface area contributed by atoms with Crippen LogP contribution in [0.5, 0.6) is 0 Å². The summed E-state index contributed by atoms with van der Waals surface area (Å²) in [7, 11) is -3.63. The van der Waals surface area contributed by atoms with E-state index in [1.54, 1.807) is 6.07 Å². The Hall–Kier alpha value is -1.13. The average Bonchev–Trinajstić information content (AvgIpc) is 2.35. The topological polar surface area (TPSA) is 98.5 Å². The predicted octanol–water partition coefficient (Wildman–Crippen LogP) is 0.948. The molecule has 0 radical (unpaired) electrons. The number of carbonyl (C=O) groups is 1. The molecule has 0 aromatic rings. The van der Waals surface area contributed by atoms with Crippen molar-refractivity contribution in [2.24, 2.45) is 0 Å². The summed E-state index contributed by atoms with van der Waals surface area (Å²) in [6.07, 6.45) is 2.60. The quantitative estimate of drug-likeness (QED) is 0.804. The Bertz CT molecular complexity index is 440. The summed E-state index contributed by atoms with van der Waals surface area (Å²) < 4.78 is 25.6. The Balaban J connectivity index is 2.83. The number of carboxylic acids is 1. The Morgan fingerprint density at radius 1 is 1.56 bits per heavy atom. The van der Waals surface area contributed by atoms with Crippen molar-refractivity contribution in [2.45, 2.75) is 50.3 Å². The molecule has 0 spiro atoms. The van der Waals surface area contributed by atoms with E-state index in [0.717, 1.165) is 12.8 Å². The third-order valence-corrected chi connectivity index (χ3v) is 5.35. The van der Waals surface area contributed by atoms with E-state index < -0.39 is 21.2 Å². The van der Waals surface area contributed by atoms with Gasteiger partial charge in [0.1, 0.15) is 0 Å². The SMILES string of the molecule is CC(C#N)S(=O)(=O)N1CCCCC1CCC(=O)O. The van der Waals surface area contributed by atoms with E-state index in [-0.39, 0.29) is 12.5 Å². The molecule has 2 unspecified atom stereocenters. The van der Waals surface area contributed by atoms with E-state index in [9.17, 15) is 13.2 Å². The van der Waals surface area contributed by atoms with Gasteiger partial charge in [0.25, 0.3) is 0 Å². The molecule has 1 fully saturated rings. The number of nitrogens with zero attached hydrogens (tertiary/aromatic N) is 2. The van der Waals surface area contributed by atoms with E-state index in [0.29, 0.717) is 19.4 Å². The van der Waals surface area contributed by atoms with Crippen LogP contribution in [-0.4, -0.2) is 41.6 Å². The number of nitriles is 1. The van der Waals surface area contributed by atoms with Gasteiger partial charge in [0, 0.05) is 19.0 Å². The summed E-state index contributed by atoms with van der Waals surface area (Å²) >= 11 is 0. The fraction of sp³-hybridized carbons (Fsp3) is 0.818. The number of hydrogen-bond donors (Lipinski definition) is 1. The maximum absolute atomic E-state index is 12.1. The lowest BCUT2D eigenvalue weighted by Crippen LogP contribution is -2.47. The first-order chi connectivity index (χ1) is 8.39. The van der Waals surface area contributed by atoms with Crippen LogP contribution < -0.4 is 0 Å². The first-order valence-electron chi connectivity index (χ1n) is 6.01. The van der Waals surface area contributed by atoms with Crippen LogP contribution in [0.4, 0.5) is 0 Å². The smallest absolute Gasteiger partial charge is 0.303 e. The van der Waals surface area contributed by atoms with E-state index in [4.69, 9.17) is 10.4 Å². The normalized spacial score (nSPS) is 23.2. The molecular formula is C11H18N2O4S. The molecule has 1 N–H and O–H groups in total. The highest BCUT2D eigenvalue weighted by Crippen LogP contribution is 2.25. The number of hydrogen-bond acceptors (Lipinski definition) is 4. The third kappa shape index (κ3) is 3.43. The molecule has 1 aliphatic rings. The summed E-state index contributed by atoms with van der Waals surface area (Å²) in [6.45, 7) is 1.75. The maximum Gasteiger partial charge on any atom is 0.303 e. The van der Waals surface area contributed by atoms with E-state index in [1.807, 2.05) is 0 Å². The molecule has 1 saturated heterocycles. The second kappa shape index (κ2) is 6.16. The van der Waals surface area contributed by atoms with Gasteiger partial charge in [0.2, 0.25) is 10.0 Å². The monoisotopic (exact) mass is 274 g/mol. The summed E-state index contributed by atoms with van der Waals surface area (Å²) in [4.78, 5) is 10.6. The van der Waals surface area contributed by atoms with Crippen molar-refractivity contribution in [1.82, 2.24) is 4.31 Å². The lowest BCUT2D eigenvalue weighted by atomic mass is 10.0. The number of carboxylic acid groups (broad SMARTS) is 1. The van der Waals surface area contributed by atoms with Gasteiger partial charge in [-0.2, -0.15) is 9.57 Å². The Labute approximate surface area is 107 Å². The molecule has 0 aromatic carbocycles. The summed E-state index contributed by atoms with van der Waals surface area (Å²) in [6, 6.07) is 1.46. The van der Waals surface area contributed by atoms with Crippen molar-refractivity contribution in [1.29, 1.82) is 5.26 Å². The minimum Gasteiger partial charge on any atom is -0.481 e. The summed E-state index contributed by atoms with van der Waals surface area (Å²) in [5.74, 6) is -0.925. The van der Waals surface area contributed by atoms with Crippen molar-refractivity contribution in [3.05, 3.63) is 0 Å². The number of sulfonamides is 1. The fourth-order valence-corrected chi connectivity index (χ4v) is 3.71. The standard InChI is InChI=1S/C11H18N2O4S/c1-9(8-12)18(16,17)13-7-3-2-4-10(13)5-6-11(14)15/h9-10H,2-7H2,1H3,(H,14,15). The highest BCUT2D eigenvalue weighted by molar-refractivity contribution is 7.90. The molecule has 0 aromatic heterocycles. The predicted molar refractivity (Wildman–Crippen MR) is 65.2 cm³/mol. The van der Waals surface area contributed by atoms with Gasteiger partial charge in [-0.3, -0.25) is 4.79 Å². The number of aliphatic carboxylic acids is 1. The molecular weight excluding hydrogens is 256 g/mol. The summed E-state index contributed by atoms with van der Waals surface area (Å²) in [5, 5.41) is 16.3. The van der Waals surface area contributed by atoms with E-state index in [1.165, 1.54) is 11.2 Å². The first kappa shape index (κ1) is 14.9. The first-order valence-corrected chi connectivity index (χ1v) is 7.52. The van der Waals surface area contributed by atoms with Crippen molar-refractivity contribution in [3.63, 3.8) is 0 Å². The minimum atomic E-state index is -3.63. The van der Waals surface area contributed by atoms with Crippen molar-refractivity contribution in [3.8, 4) is 6.07 Å². The van der Waals surface area contributed by atoms with Crippen molar-refractivity contribution < 1.29 is 18.3 Å². The molecule has 0 saturated carbocycles. The molecule has 2 atom stereocenters. The molecule has 102 valence electrons. The Morgan fingerprint density at radius 2 is 2.22 bits per heavy atom. The van der Waals surface area contributed by atoms with Gasteiger partial charge in [-0.05, 0) is 26.2 Å². The Morgan fingerprint density at radius 3 is 2.78 bits per heavy atom. The molecule has 0 bridgehead atoms. The van der Waals surface area contributed by atoms with Gasteiger partial charge in [0.05, 0.1) is 6.07 Å². The van der Waals surface area contributed by atoms with Crippen LogP contribution in [0.25, 0.3) is 0 Å². The second-order valence-corrected chi connectivity index (χ2v) is 6.72. The maximum atomic E-state index is 12.1. The molecule has 0 amide bonds. The van der Waals surface area contributed by atoms with Crippen LogP contribution in [0.15, 0.2) is 0 Å². The van der Waals surface area contributed by atoms with Crippen LogP contribution in [0, 0.1) is 11.3 Å². The third-order valence-electron chi connectivity index (χ3n) is 3.22. The van der Waals surface area contributed by atoms with Crippen LogP contribution >= 0.6 is 0 Å². The zero-order chi connectivity index (χ0) is 13.8. The van der Waals surface area contributed by atoms with Gasteiger partial charge >= 0.3 is 5.97 Å². The van der Waals surface area contributed by atoms with Crippen molar-refractivity contribution in [2.75, 3.05) is 6.54 Å². The second-order valence-electron chi connectivity index (χ2n) is 4.51. The van der Waals surface area contributed by atoms with Crippen LogP contribution in [-0.2, 0) is 14.8 Å². The molecule has 0 aliphatic carbocycles. The molecule has 1 rings (SSSR count). The zero-order valence-electron chi connectivity index (χ0n) is 10.4. The van der Waals surface area contributed by atoms with Gasteiger partial charge in [-0.1, -0.05) is 6.42 Å². The largest absolute Gasteiger partial charge is 0.481 e. The molecule has 7 heteroatoms. The molecule has 1 heterocycles. The fourth-order valence-electron chi connectivity index (χ4n) is 2.16. The van der Waals surface area contributed by atoms with Crippen LogP contribution in [0.1, 0.15) is 39.0 Å². The lowest BCUT2D eigenvalue weighted by Gasteiger charge is -2.35. The lowest BCUT2D eigenvalue weighted by molar-refractivity contribution is -0.137. The van der Waals surface area contributed by atoms with E-state index >= 15 is 0 Å².